The Morgan fingerprint density at radius 1 is 1.30 bits per heavy atom. The van der Waals surface area contributed by atoms with Gasteiger partial charge in [-0.25, -0.2) is 0 Å². The van der Waals surface area contributed by atoms with Crippen LogP contribution in [0.1, 0.15) is 0 Å². The summed E-state index contributed by atoms with van der Waals surface area (Å²) < 4.78 is 4.71. The average Bonchev–Trinajstić information content (AvgIpc) is 1.88. The van der Waals surface area contributed by atoms with Crippen LogP contribution < -0.4 is 4.43 Å². The van der Waals surface area contributed by atoms with Crippen LogP contribution in [0.4, 0.5) is 0 Å². The predicted molar refractivity (Wildman–Crippen MR) is 42.8 cm³/mol. The van der Waals surface area contributed by atoms with Crippen molar-refractivity contribution in [2.45, 2.75) is 0 Å². The Morgan fingerprint density at radius 3 is 2.50 bits per heavy atom. The molecule has 1 rings (SSSR count). The first-order valence-electron chi connectivity index (χ1n) is 2.52. The van der Waals surface area contributed by atoms with Crippen LogP contribution in [0.3, 0.4) is 0 Å². The minimum atomic E-state index is 0.488. The monoisotopic (exact) mass is 189 g/mol. The second-order valence-electron chi connectivity index (χ2n) is 1.68. The molecule has 0 fully saturated rings. The van der Waals surface area contributed by atoms with E-state index in [2.05, 4.69) is 10.5 Å². The molecule has 3 radical (unpaired) electrons. The van der Waals surface area contributed by atoms with Crippen molar-refractivity contribution in [3.63, 3.8) is 0 Å². The molecule has 1 aromatic rings. The average molecular weight is 190 g/mol. The van der Waals surface area contributed by atoms with E-state index >= 15 is 0 Å². The molecule has 1 aromatic carbocycles. The molecule has 0 aliphatic rings. The Morgan fingerprint density at radius 2 is 2.00 bits per heavy atom. The molecule has 0 unspecified atom stereocenters. The zero-order chi connectivity index (χ0) is 7.56. The van der Waals surface area contributed by atoms with Crippen molar-refractivity contribution < 1.29 is 4.43 Å². The van der Waals surface area contributed by atoms with Gasteiger partial charge in [0, 0.05) is 5.02 Å². The molecule has 1 nitrogen and oxygen atoms in total. The normalized spacial score (nSPS) is 9.50. The SMILES string of the molecule is [Si]Oc1ccc(Cl)cc1Cl. The minimum Gasteiger partial charge on any atom is -0.539 e. The van der Waals surface area contributed by atoms with Gasteiger partial charge in [-0.2, -0.15) is 0 Å². The Kier molecular flexibility index (Phi) is 2.60. The largest absolute Gasteiger partial charge is 0.539 e. The first-order valence-corrected chi connectivity index (χ1v) is 3.69. The van der Waals surface area contributed by atoms with Crippen molar-refractivity contribution in [3.05, 3.63) is 28.2 Å². The van der Waals surface area contributed by atoms with E-state index in [0.717, 1.165) is 0 Å². The molecule has 0 aliphatic heterocycles. The molecular formula is C6H3Cl2OSi. The molecule has 0 aliphatic carbocycles. The van der Waals surface area contributed by atoms with E-state index in [-0.39, 0.29) is 0 Å². The van der Waals surface area contributed by atoms with Crippen LogP contribution in [0, 0.1) is 0 Å². The molecular weight excluding hydrogens is 187 g/mol. The van der Waals surface area contributed by atoms with E-state index in [1.165, 1.54) is 0 Å². The summed E-state index contributed by atoms with van der Waals surface area (Å²) in [5.74, 6) is 0.558. The summed E-state index contributed by atoms with van der Waals surface area (Å²) >= 11 is 11.3. The first-order chi connectivity index (χ1) is 4.74. The topological polar surface area (TPSA) is 9.23 Å². The molecule has 51 valence electrons. The van der Waals surface area contributed by atoms with Crippen LogP contribution in [0.5, 0.6) is 5.75 Å². The van der Waals surface area contributed by atoms with Gasteiger partial charge < -0.3 is 4.43 Å². The smallest absolute Gasteiger partial charge is 0.341 e. The molecule has 0 amide bonds. The molecule has 0 saturated heterocycles. The number of halogens is 2. The molecule has 4 heteroatoms. The van der Waals surface area contributed by atoms with Crippen LogP contribution >= 0.6 is 23.2 Å². The number of rotatable bonds is 1. The fraction of sp³-hybridized carbons (Fsp3) is 0. The van der Waals surface area contributed by atoms with Gasteiger partial charge >= 0.3 is 10.5 Å². The summed E-state index contributed by atoms with van der Waals surface area (Å²) in [5, 5.41) is 1.08. The molecule has 0 heterocycles. The molecule has 0 atom stereocenters. The number of hydrogen-bond acceptors (Lipinski definition) is 1. The highest BCUT2D eigenvalue weighted by atomic mass is 35.5. The molecule has 0 saturated carbocycles. The van der Waals surface area contributed by atoms with Crippen molar-refractivity contribution >= 4 is 33.7 Å². The van der Waals surface area contributed by atoms with Crippen LogP contribution in [0.25, 0.3) is 0 Å². The Hall–Kier alpha value is -0.183. The standard InChI is InChI=1S/C6H3Cl2OSi/c7-4-1-2-6(9-10)5(8)3-4/h1-3H. The summed E-state index contributed by atoms with van der Waals surface area (Å²) in [7, 11) is 2.85. The van der Waals surface area contributed by atoms with Gasteiger partial charge in [0.1, 0.15) is 5.75 Å². The van der Waals surface area contributed by atoms with Gasteiger partial charge in [-0.05, 0) is 18.2 Å². The highest BCUT2D eigenvalue weighted by molar-refractivity contribution is 6.35. The van der Waals surface area contributed by atoms with E-state index in [1.54, 1.807) is 18.2 Å². The summed E-state index contributed by atoms with van der Waals surface area (Å²) in [6.45, 7) is 0. The maximum Gasteiger partial charge on any atom is 0.341 e. The summed E-state index contributed by atoms with van der Waals surface area (Å²) in [6.07, 6.45) is 0. The van der Waals surface area contributed by atoms with Crippen LogP contribution in [0.15, 0.2) is 18.2 Å². The third-order valence-electron chi connectivity index (χ3n) is 1.00. The Balaban J connectivity index is 3.07. The molecule has 0 aromatic heterocycles. The summed E-state index contributed by atoms with van der Waals surface area (Å²) in [5.41, 5.74) is 0. The maximum absolute atomic E-state index is 5.69. The van der Waals surface area contributed by atoms with Crippen molar-refractivity contribution in [2.24, 2.45) is 0 Å². The van der Waals surface area contributed by atoms with E-state index < -0.39 is 0 Å². The van der Waals surface area contributed by atoms with Gasteiger partial charge in [0.15, 0.2) is 0 Å². The van der Waals surface area contributed by atoms with Gasteiger partial charge in [0.25, 0.3) is 0 Å². The molecule has 0 bridgehead atoms. The zero-order valence-electron chi connectivity index (χ0n) is 4.90. The fourth-order valence-electron chi connectivity index (χ4n) is 0.558. The lowest BCUT2D eigenvalue weighted by Gasteiger charge is -2.00. The third-order valence-corrected chi connectivity index (χ3v) is 1.75. The highest BCUT2D eigenvalue weighted by Gasteiger charge is 1.98. The maximum atomic E-state index is 5.69. The third kappa shape index (κ3) is 1.65. The van der Waals surface area contributed by atoms with Crippen LogP contribution in [0.2, 0.25) is 10.0 Å². The van der Waals surface area contributed by atoms with Crippen molar-refractivity contribution in [1.82, 2.24) is 0 Å². The number of hydrogen-bond donors (Lipinski definition) is 0. The van der Waals surface area contributed by atoms with E-state index in [0.29, 0.717) is 15.8 Å². The van der Waals surface area contributed by atoms with Crippen LogP contribution in [-0.2, 0) is 0 Å². The van der Waals surface area contributed by atoms with E-state index in [4.69, 9.17) is 27.6 Å². The second-order valence-corrected chi connectivity index (χ2v) is 2.72. The van der Waals surface area contributed by atoms with Crippen molar-refractivity contribution in [2.75, 3.05) is 0 Å². The second kappa shape index (κ2) is 3.28. The summed E-state index contributed by atoms with van der Waals surface area (Å²) in [4.78, 5) is 0. The number of benzene rings is 1. The van der Waals surface area contributed by atoms with E-state index in [9.17, 15) is 0 Å². The minimum absolute atomic E-state index is 0.488. The van der Waals surface area contributed by atoms with Gasteiger partial charge in [-0.1, -0.05) is 23.2 Å². The Bertz CT molecular complexity index is 239. The lowest BCUT2D eigenvalue weighted by molar-refractivity contribution is 0.616. The Labute approximate surface area is 72.4 Å². The van der Waals surface area contributed by atoms with Crippen molar-refractivity contribution in [3.8, 4) is 5.75 Å². The zero-order valence-corrected chi connectivity index (χ0v) is 7.41. The first kappa shape index (κ1) is 7.92. The quantitative estimate of drug-likeness (QED) is 0.618. The molecule has 10 heavy (non-hydrogen) atoms. The van der Waals surface area contributed by atoms with Gasteiger partial charge in [-0.15, -0.1) is 0 Å². The van der Waals surface area contributed by atoms with Gasteiger partial charge in [0.05, 0.1) is 5.02 Å². The lowest BCUT2D eigenvalue weighted by Crippen LogP contribution is -1.84. The lowest BCUT2D eigenvalue weighted by atomic mass is 10.3. The van der Waals surface area contributed by atoms with Crippen LogP contribution in [-0.4, -0.2) is 10.5 Å². The van der Waals surface area contributed by atoms with Gasteiger partial charge in [0.2, 0.25) is 0 Å². The predicted octanol–water partition coefficient (Wildman–Crippen LogP) is 2.46. The molecule has 0 spiro atoms. The van der Waals surface area contributed by atoms with Gasteiger partial charge in [-0.3, -0.25) is 0 Å². The summed E-state index contributed by atoms with van der Waals surface area (Å²) in [6, 6.07) is 4.99. The fourth-order valence-corrected chi connectivity index (χ4v) is 1.25. The van der Waals surface area contributed by atoms with Crippen molar-refractivity contribution in [1.29, 1.82) is 0 Å². The highest BCUT2D eigenvalue weighted by Crippen LogP contribution is 2.26. The molecule has 0 N–H and O–H groups in total. The van der Waals surface area contributed by atoms with E-state index in [1.807, 2.05) is 0 Å².